The fourth-order valence-corrected chi connectivity index (χ4v) is 5.54. The molecule has 0 amide bonds. The molecule has 0 radical (unpaired) electrons. The first-order valence-electron chi connectivity index (χ1n) is 11.7. The van der Waals surface area contributed by atoms with Gasteiger partial charge in [0.25, 0.3) is 0 Å². The Bertz CT molecular complexity index is 1300. The van der Waals surface area contributed by atoms with E-state index in [1.807, 2.05) is 0 Å². The molecule has 3 aliphatic heterocycles. The van der Waals surface area contributed by atoms with Gasteiger partial charge in [0, 0.05) is 29.9 Å². The van der Waals surface area contributed by atoms with E-state index in [4.69, 9.17) is 23.7 Å². The molecule has 5 N–H and O–H groups in total. The quantitative estimate of drug-likeness (QED) is 0.312. The van der Waals surface area contributed by atoms with Gasteiger partial charge in [0.2, 0.25) is 18.4 Å². The third kappa shape index (κ3) is 3.45. The van der Waals surface area contributed by atoms with Crippen LogP contribution in [0.5, 0.6) is 23.0 Å². The first-order chi connectivity index (χ1) is 17.7. The average Bonchev–Trinajstić information content (AvgIpc) is 3.46. The highest BCUT2D eigenvalue weighted by molar-refractivity contribution is 6.30. The summed E-state index contributed by atoms with van der Waals surface area (Å²) in [5, 5.41) is 52.1. The predicted octanol–water partition coefficient (Wildman–Crippen LogP) is -0.0716. The Morgan fingerprint density at radius 2 is 1.78 bits per heavy atom. The first kappa shape index (κ1) is 24.1. The molecule has 2 aromatic rings. The SMILES string of the molecule is CO[C@H]1[C@H](O)[C@@H](O)[C@H](Oc2cc(O)c3c(c2)C(=O)c2cc4c(c(O)c2C3=O)[C@@H]2CCO[C@@H]2O4)O[C@@H]1CO. The average molecular weight is 516 g/mol. The Kier molecular flexibility index (Phi) is 5.64. The van der Waals surface area contributed by atoms with Crippen LogP contribution in [0.3, 0.4) is 0 Å². The summed E-state index contributed by atoms with van der Waals surface area (Å²) in [5.74, 6) is -2.53. The molecule has 7 atom stereocenters. The number of benzene rings is 2. The van der Waals surface area contributed by atoms with Crippen molar-refractivity contribution in [3.8, 4) is 23.0 Å². The van der Waals surface area contributed by atoms with E-state index in [9.17, 15) is 35.1 Å². The maximum Gasteiger partial charge on any atom is 0.229 e. The van der Waals surface area contributed by atoms with E-state index in [0.717, 1.165) is 6.07 Å². The number of aromatic hydroxyl groups is 2. The Morgan fingerprint density at radius 1 is 1.03 bits per heavy atom. The zero-order valence-electron chi connectivity index (χ0n) is 19.5. The van der Waals surface area contributed by atoms with Crippen LogP contribution in [0.1, 0.15) is 49.7 Å². The molecular weight excluding hydrogens is 492 g/mol. The summed E-state index contributed by atoms with van der Waals surface area (Å²) >= 11 is 0. The van der Waals surface area contributed by atoms with E-state index in [1.54, 1.807) is 0 Å². The van der Waals surface area contributed by atoms with Gasteiger partial charge in [-0.3, -0.25) is 9.59 Å². The maximum atomic E-state index is 13.5. The lowest BCUT2D eigenvalue weighted by atomic mass is 9.80. The van der Waals surface area contributed by atoms with Crippen LogP contribution in [0.15, 0.2) is 18.2 Å². The number of ketones is 2. The van der Waals surface area contributed by atoms with Crippen molar-refractivity contribution in [3.63, 3.8) is 0 Å². The van der Waals surface area contributed by atoms with E-state index in [-0.39, 0.29) is 45.4 Å². The Labute approximate surface area is 209 Å². The summed E-state index contributed by atoms with van der Waals surface area (Å²) in [4.78, 5) is 26.9. The lowest BCUT2D eigenvalue weighted by Gasteiger charge is -2.41. The number of phenolic OH excluding ortho intramolecular Hbond substituents is 2. The summed E-state index contributed by atoms with van der Waals surface area (Å²) < 4.78 is 27.5. The second-order valence-corrected chi connectivity index (χ2v) is 9.36. The zero-order valence-corrected chi connectivity index (χ0v) is 19.5. The number of aliphatic hydroxyl groups excluding tert-OH is 3. The zero-order chi connectivity index (χ0) is 26.2. The molecule has 12 heteroatoms. The van der Waals surface area contributed by atoms with E-state index in [2.05, 4.69) is 0 Å². The van der Waals surface area contributed by atoms with Crippen LogP contribution in [0.25, 0.3) is 0 Å². The summed E-state index contributed by atoms with van der Waals surface area (Å²) in [7, 11) is 1.29. The van der Waals surface area contributed by atoms with Crippen LogP contribution in [0.2, 0.25) is 0 Å². The summed E-state index contributed by atoms with van der Waals surface area (Å²) in [5.41, 5.74) is -0.420. The molecule has 0 bridgehead atoms. The number of carbonyl (C=O) groups is 2. The smallest absolute Gasteiger partial charge is 0.229 e. The van der Waals surface area contributed by atoms with Gasteiger partial charge in [-0.25, -0.2) is 0 Å². The van der Waals surface area contributed by atoms with Gasteiger partial charge in [-0.05, 0) is 18.6 Å². The number of aliphatic hydroxyl groups is 3. The monoisotopic (exact) mass is 516 g/mol. The molecule has 2 aromatic carbocycles. The maximum absolute atomic E-state index is 13.5. The predicted molar refractivity (Wildman–Crippen MR) is 120 cm³/mol. The van der Waals surface area contributed by atoms with Gasteiger partial charge in [-0.15, -0.1) is 0 Å². The van der Waals surface area contributed by atoms with Crippen LogP contribution >= 0.6 is 0 Å². The standard InChI is InChI=1S/C25H24O12/c1-33-23-14(7-26)37-25(22(32)21(23)31)35-8-4-10-15(12(27)5-8)19(29)17-11(18(10)28)6-13-16(20(17)30)9-2-3-34-24(9)36-13/h4-6,9,14,21-27,30-32H,2-3,7H2,1H3/t9-,14+,21+,22+,23+,24+,25+/m0/s1. The molecule has 0 aromatic heterocycles. The van der Waals surface area contributed by atoms with Crippen LogP contribution in [-0.2, 0) is 14.2 Å². The van der Waals surface area contributed by atoms with Gasteiger partial charge in [0.15, 0.2) is 5.78 Å². The molecule has 4 aliphatic rings. The molecule has 37 heavy (non-hydrogen) atoms. The van der Waals surface area contributed by atoms with Gasteiger partial charge in [0.1, 0.15) is 47.4 Å². The molecule has 2 saturated heterocycles. The fraction of sp³-hybridized carbons (Fsp3) is 0.440. The van der Waals surface area contributed by atoms with Crippen molar-refractivity contribution in [2.75, 3.05) is 20.3 Å². The molecular formula is C25H24O12. The molecule has 2 fully saturated rings. The van der Waals surface area contributed by atoms with E-state index < -0.39 is 60.9 Å². The number of fused-ring (bicyclic) bond motifs is 5. The highest BCUT2D eigenvalue weighted by Gasteiger charge is 2.47. The number of rotatable bonds is 4. The molecule has 0 spiro atoms. The van der Waals surface area contributed by atoms with Crippen molar-refractivity contribution in [2.24, 2.45) is 0 Å². The Balaban J connectivity index is 1.36. The van der Waals surface area contributed by atoms with E-state index in [1.165, 1.54) is 19.2 Å². The largest absolute Gasteiger partial charge is 0.507 e. The summed E-state index contributed by atoms with van der Waals surface area (Å²) in [6.45, 7) is -0.101. The van der Waals surface area contributed by atoms with Crippen molar-refractivity contribution >= 4 is 11.6 Å². The van der Waals surface area contributed by atoms with E-state index >= 15 is 0 Å². The number of ether oxygens (including phenoxy) is 5. The minimum absolute atomic E-state index is 0.0991. The van der Waals surface area contributed by atoms with Crippen molar-refractivity contribution in [1.82, 2.24) is 0 Å². The van der Waals surface area contributed by atoms with Gasteiger partial charge in [-0.2, -0.15) is 0 Å². The minimum Gasteiger partial charge on any atom is -0.507 e. The number of methoxy groups -OCH3 is 1. The van der Waals surface area contributed by atoms with Crippen molar-refractivity contribution in [3.05, 3.63) is 46.0 Å². The molecule has 6 rings (SSSR count). The second kappa shape index (κ2) is 8.65. The highest BCUT2D eigenvalue weighted by Crippen LogP contribution is 2.52. The molecule has 0 saturated carbocycles. The second-order valence-electron chi connectivity index (χ2n) is 9.36. The Hall–Kier alpha value is -3.26. The highest BCUT2D eigenvalue weighted by atomic mass is 16.7. The van der Waals surface area contributed by atoms with Crippen LogP contribution in [-0.4, -0.2) is 94.4 Å². The normalized spacial score (nSPS) is 31.8. The van der Waals surface area contributed by atoms with Crippen LogP contribution < -0.4 is 9.47 Å². The molecule has 1 aliphatic carbocycles. The fourth-order valence-electron chi connectivity index (χ4n) is 5.54. The minimum atomic E-state index is -1.60. The Morgan fingerprint density at radius 3 is 2.51 bits per heavy atom. The topological polar surface area (TPSA) is 181 Å². The number of phenols is 2. The first-order valence-corrected chi connectivity index (χ1v) is 11.7. The van der Waals surface area contributed by atoms with E-state index in [0.29, 0.717) is 18.6 Å². The molecule has 196 valence electrons. The lowest BCUT2D eigenvalue weighted by Crippen LogP contribution is -2.60. The van der Waals surface area contributed by atoms with Gasteiger partial charge in [-0.1, -0.05) is 0 Å². The molecule has 0 unspecified atom stereocenters. The third-order valence-corrected chi connectivity index (χ3v) is 7.34. The van der Waals surface area contributed by atoms with Gasteiger partial charge >= 0.3 is 0 Å². The number of hydrogen-bond donors (Lipinski definition) is 5. The number of hydrogen-bond acceptors (Lipinski definition) is 12. The van der Waals surface area contributed by atoms with Crippen molar-refractivity contribution < 1.29 is 58.8 Å². The van der Waals surface area contributed by atoms with Crippen molar-refractivity contribution in [1.29, 1.82) is 0 Å². The third-order valence-electron chi connectivity index (χ3n) is 7.34. The lowest BCUT2D eigenvalue weighted by molar-refractivity contribution is -0.281. The van der Waals surface area contributed by atoms with Gasteiger partial charge < -0.3 is 49.2 Å². The van der Waals surface area contributed by atoms with Gasteiger partial charge in [0.05, 0.1) is 30.3 Å². The summed E-state index contributed by atoms with van der Waals surface area (Å²) in [6.07, 6.45) is -6.61. The molecule has 3 heterocycles. The van der Waals surface area contributed by atoms with Crippen LogP contribution in [0, 0.1) is 0 Å². The summed E-state index contributed by atoms with van der Waals surface area (Å²) in [6, 6.07) is 3.64. The van der Waals surface area contributed by atoms with Crippen LogP contribution in [0.4, 0.5) is 0 Å². The molecule has 12 nitrogen and oxygen atoms in total. The number of carbonyl (C=O) groups excluding carboxylic acids is 2. The van der Waals surface area contributed by atoms with Crippen molar-refractivity contribution in [2.45, 2.75) is 49.3 Å².